The number of hydrogen-bond acceptors (Lipinski definition) is 1. The molecule has 1 aromatic carbocycles. The van der Waals surface area contributed by atoms with Crippen molar-refractivity contribution in [3.8, 4) is 0 Å². The van der Waals surface area contributed by atoms with Crippen LogP contribution in [-0.4, -0.2) is 6.04 Å². The van der Waals surface area contributed by atoms with Crippen molar-refractivity contribution in [2.75, 3.05) is 5.32 Å². The van der Waals surface area contributed by atoms with Crippen LogP contribution in [0.4, 0.5) is 5.69 Å². The Kier molecular flexibility index (Phi) is 2.58. The van der Waals surface area contributed by atoms with Gasteiger partial charge in [0.2, 0.25) is 0 Å². The van der Waals surface area contributed by atoms with Crippen molar-refractivity contribution in [3.05, 3.63) is 28.2 Å². The summed E-state index contributed by atoms with van der Waals surface area (Å²) in [4.78, 5) is 0. The van der Waals surface area contributed by atoms with Gasteiger partial charge in [-0.2, -0.15) is 0 Å². The summed E-state index contributed by atoms with van der Waals surface area (Å²) in [6.07, 6.45) is 4.02. The molecule has 1 aliphatic rings. The topological polar surface area (TPSA) is 12.0 Å². The highest BCUT2D eigenvalue weighted by Crippen LogP contribution is 2.30. The smallest absolute Gasteiger partial charge is 0.0516 e. The number of hydrogen-bond donors (Lipinski definition) is 1. The van der Waals surface area contributed by atoms with E-state index in [0.717, 1.165) is 0 Å². The maximum absolute atomic E-state index is 3.57. The molecule has 0 bridgehead atoms. The first-order valence-electron chi connectivity index (χ1n) is 4.79. The summed E-state index contributed by atoms with van der Waals surface area (Å²) in [5.41, 5.74) is 2.59. The molecule has 13 heavy (non-hydrogen) atoms. The second-order valence-corrected chi connectivity index (χ2v) is 4.56. The van der Waals surface area contributed by atoms with Crippen LogP contribution in [0.1, 0.15) is 24.8 Å². The fraction of sp³-hybridized carbons (Fsp3) is 0.455. The minimum atomic E-state index is 0.706. The third-order valence-electron chi connectivity index (χ3n) is 2.68. The van der Waals surface area contributed by atoms with Crippen molar-refractivity contribution in [3.63, 3.8) is 0 Å². The summed E-state index contributed by atoms with van der Waals surface area (Å²) >= 11 is 3.57. The number of nitrogens with one attached hydrogen (secondary N) is 1. The quantitative estimate of drug-likeness (QED) is 0.830. The van der Waals surface area contributed by atoms with Crippen molar-refractivity contribution in [2.24, 2.45) is 0 Å². The molecule has 2 rings (SSSR count). The fourth-order valence-electron chi connectivity index (χ4n) is 1.57. The van der Waals surface area contributed by atoms with Gasteiger partial charge in [-0.05, 0) is 53.7 Å². The monoisotopic (exact) mass is 239 g/mol. The van der Waals surface area contributed by atoms with Gasteiger partial charge in [0.25, 0.3) is 0 Å². The number of para-hydroxylation sites is 1. The average molecular weight is 240 g/mol. The number of rotatable bonds is 2. The molecule has 1 N–H and O–H groups in total. The van der Waals surface area contributed by atoms with Gasteiger partial charge in [-0.3, -0.25) is 0 Å². The lowest BCUT2D eigenvalue weighted by Gasteiger charge is -2.28. The van der Waals surface area contributed by atoms with Gasteiger partial charge in [-0.1, -0.05) is 12.1 Å². The Morgan fingerprint density at radius 3 is 2.69 bits per heavy atom. The highest BCUT2D eigenvalue weighted by molar-refractivity contribution is 9.10. The molecule has 0 atom stereocenters. The van der Waals surface area contributed by atoms with Gasteiger partial charge >= 0.3 is 0 Å². The van der Waals surface area contributed by atoms with Crippen LogP contribution >= 0.6 is 15.9 Å². The van der Waals surface area contributed by atoms with E-state index in [9.17, 15) is 0 Å². The first-order valence-corrected chi connectivity index (χ1v) is 5.58. The lowest BCUT2D eigenvalue weighted by atomic mass is 9.93. The minimum absolute atomic E-state index is 0.706. The van der Waals surface area contributed by atoms with E-state index in [2.05, 4.69) is 46.4 Å². The molecule has 1 aliphatic carbocycles. The maximum Gasteiger partial charge on any atom is 0.0516 e. The minimum Gasteiger partial charge on any atom is -0.381 e. The molecule has 0 heterocycles. The van der Waals surface area contributed by atoms with Crippen LogP contribution in [0.2, 0.25) is 0 Å². The normalized spacial score (nSPS) is 16.8. The van der Waals surface area contributed by atoms with Crippen LogP contribution in [-0.2, 0) is 0 Å². The average Bonchev–Trinajstić information content (AvgIpc) is 2.00. The molecule has 0 amide bonds. The molecule has 0 aromatic heterocycles. The molecular weight excluding hydrogens is 226 g/mol. The Balaban J connectivity index is 2.17. The Labute approximate surface area is 87.7 Å². The summed E-state index contributed by atoms with van der Waals surface area (Å²) in [5, 5.41) is 3.57. The van der Waals surface area contributed by atoms with Gasteiger partial charge in [0.05, 0.1) is 5.69 Å². The van der Waals surface area contributed by atoms with Crippen LogP contribution < -0.4 is 5.32 Å². The van der Waals surface area contributed by atoms with E-state index in [1.54, 1.807) is 0 Å². The van der Waals surface area contributed by atoms with E-state index in [1.165, 1.54) is 35.0 Å². The van der Waals surface area contributed by atoms with Crippen LogP contribution in [0.15, 0.2) is 22.7 Å². The Bertz CT molecular complexity index is 285. The van der Waals surface area contributed by atoms with E-state index in [-0.39, 0.29) is 0 Å². The molecule has 0 saturated heterocycles. The van der Waals surface area contributed by atoms with Gasteiger partial charge in [0, 0.05) is 10.5 Å². The van der Waals surface area contributed by atoms with E-state index < -0.39 is 0 Å². The third kappa shape index (κ3) is 1.88. The molecule has 0 spiro atoms. The zero-order chi connectivity index (χ0) is 9.26. The Hall–Kier alpha value is -0.500. The summed E-state index contributed by atoms with van der Waals surface area (Å²) in [6.45, 7) is 2.14. The van der Waals surface area contributed by atoms with Crippen LogP contribution in [0.25, 0.3) is 0 Å². The van der Waals surface area contributed by atoms with Gasteiger partial charge in [0.15, 0.2) is 0 Å². The zero-order valence-electron chi connectivity index (χ0n) is 7.81. The molecular formula is C11H14BrN. The molecule has 1 saturated carbocycles. The first-order chi connectivity index (χ1) is 6.27. The lowest BCUT2D eigenvalue weighted by Crippen LogP contribution is -2.27. The fourth-order valence-corrected chi connectivity index (χ4v) is 2.15. The van der Waals surface area contributed by atoms with Crippen molar-refractivity contribution < 1.29 is 0 Å². The van der Waals surface area contributed by atoms with Crippen molar-refractivity contribution in [1.82, 2.24) is 0 Å². The molecule has 1 nitrogen and oxygen atoms in total. The molecule has 0 unspecified atom stereocenters. The molecule has 70 valence electrons. The summed E-state index contributed by atoms with van der Waals surface area (Å²) in [5.74, 6) is 0. The zero-order valence-corrected chi connectivity index (χ0v) is 9.39. The Morgan fingerprint density at radius 2 is 2.15 bits per heavy atom. The number of halogens is 1. The first kappa shape index (κ1) is 9.07. The van der Waals surface area contributed by atoms with Crippen molar-refractivity contribution >= 4 is 21.6 Å². The van der Waals surface area contributed by atoms with Crippen molar-refractivity contribution in [2.45, 2.75) is 32.2 Å². The van der Waals surface area contributed by atoms with Crippen LogP contribution in [0.5, 0.6) is 0 Å². The highest BCUT2D eigenvalue weighted by atomic mass is 79.9. The third-order valence-corrected chi connectivity index (χ3v) is 3.34. The molecule has 0 radical (unpaired) electrons. The highest BCUT2D eigenvalue weighted by Gasteiger charge is 2.18. The van der Waals surface area contributed by atoms with Crippen molar-refractivity contribution in [1.29, 1.82) is 0 Å². The van der Waals surface area contributed by atoms with E-state index in [0.29, 0.717) is 6.04 Å². The number of benzene rings is 1. The van der Waals surface area contributed by atoms with E-state index in [4.69, 9.17) is 0 Å². The van der Waals surface area contributed by atoms with E-state index in [1.807, 2.05) is 0 Å². The van der Waals surface area contributed by atoms with Gasteiger partial charge in [0.1, 0.15) is 0 Å². The second-order valence-electron chi connectivity index (χ2n) is 3.70. The molecule has 1 aromatic rings. The summed E-state index contributed by atoms with van der Waals surface area (Å²) in [7, 11) is 0. The standard InChI is InChI=1S/C11H14BrN/c1-8-4-2-7-10(12)11(8)13-9-5-3-6-9/h2,4,7,9,13H,3,5-6H2,1H3. The van der Waals surface area contributed by atoms with E-state index >= 15 is 0 Å². The molecule has 1 fully saturated rings. The number of anilines is 1. The summed E-state index contributed by atoms with van der Waals surface area (Å²) in [6, 6.07) is 7.02. The summed E-state index contributed by atoms with van der Waals surface area (Å²) < 4.78 is 1.18. The molecule has 2 heteroatoms. The van der Waals surface area contributed by atoms with Gasteiger partial charge < -0.3 is 5.32 Å². The van der Waals surface area contributed by atoms with Crippen LogP contribution in [0.3, 0.4) is 0 Å². The second kappa shape index (κ2) is 3.70. The largest absolute Gasteiger partial charge is 0.381 e. The molecule has 0 aliphatic heterocycles. The lowest BCUT2D eigenvalue weighted by molar-refractivity contribution is 0.445. The predicted octanol–water partition coefficient (Wildman–Crippen LogP) is 3.72. The van der Waals surface area contributed by atoms with Crippen LogP contribution in [0, 0.1) is 6.92 Å². The SMILES string of the molecule is Cc1cccc(Br)c1NC1CCC1. The number of aryl methyl sites for hydroxylation is 1. The predicted molar refractivity (Wildman–Crippen MR) is 60.1 cm³/mol. The maximum atomic E-state index is 3.57. The van der Waals surface area contributed by atoms with Gasteiger partial charge in [-0.15, -0.1) is 0 Å². The Morgan fingerprint density at radius 1 is 1.38 bits per heavy atom. The van der Waals surface area contributed by atoms with Gasteiger partial charge in [-0.25, -0.2) is 0 Å².